The summed E-state index contributed by atoms with van der Waals surface area (Å²) in [5.41, 5.74) is 0. The van der Waals surface area contributed by atoms with E-state index in [2.05, 4.69) is 15.3 Å². The summed E-state index contributed by atoms with van der Waals surface area (Å²) >= 11 is 5.75. The number of aromatic nitrogens is 2. The van der Waals surface area contributed by atoms with Crippen molar-refractivity contribution in [1.29, 1.82) is 0 Å². The highest BCUT2D eigenvalue weighted by Gasteiger charge is 1.99. The Balaban J connectivity index is 2.32. The van der Waals surface area contributed by atoms with Gasteiger partial charge in [-0.05, 0) is 12.8 Å². The van der Waals surface area contributed by atoms with Crippen molar-refractivity contribution in [2.45, 2.75) is 12.8 Å². The Morgan fingerprint density at radius 1 is 1.31 bits per heavy atom. The van der Waals surface area contributed by atoms with E-state index in [4.69, 9.17) is 16.7 Å². The molecule has 4 nitrogen and oxygen atoms in total. The quantitative estimate of drug-likeness (QED) is 0.706. The van der Waals surface area contributed by atoms with Crippen molar-refractivity contribution in [2.24, 2.45) is 0 Å². The second kappa shape index (κ2) is 5.72. The smallest absolute Gasteiger partial charge is 0.171 e. The van der Waals surface area contributed by atoms with Crippen LogP contribution < -0.4 is 5.32 Å². The summed E-state index contributed by atoms with van der Waals surface area (Å²) in [5.74, 6) is 0.599. The first-order chi connectivity index (χ1) is 6.34. The van der Waals surface area contributed by atoms with Crippen LogP contribution in [0, 0.1) is 0 Å². The number of nitrogens with zero attached hydrogens (tertiary/aromatic N) is 2. The number of aliphatic hydroxyl groups is 1. The zero-order valence-electron chi connectivity index (χ0n) is 7.20. The molecule has 0 radical (unpaired) electrons. The van der Waals surface area contributed by atoms with E-state index in [-0.39, 0.29) is 6.61 Å². The molecule has 0 saturated heterocycles. The summed E-state index contributed by atoms with van der Waals surface area (Å²) in [5, 5.41) is 11.9. The predicted molar refractivity (Wildman–Crippen MR) is 51.9 cm³/mol. The van der Waals surface area contributed by atoms with Gasteiger partial charge in [-0.2, -0.15) is 0 Å². The lowest BCUT2D eigenvalue weighted by Crippen LogP contribution is -2.04. The van der Waals surface area contributed by atoms with E-state index < -0.39 is 0 Å². The first kappa shape index (κ1) is 10.2. The monoisotopic (exact) mass is 201 g/mol. The highest BCUT2D eigenvalue weighted by Crippen LogP contribution is 2.13. The SMILES string of the molecule is OCCCCNc1nccnc1Cl. The zero-order chi connectivity index (χ0) is 9.52. The van der Waals surface area contributed by atoms with Crippen LogP contribution in [0.15, 0.2) is 12.4 Å². The Morgan fingerprint density at radius 3 is 2.77 bits per heavy atom. The Hall–Kier alpha value is -0.870. The molecule has 1 aromatic heterocycles. The molecule has 1 aromatic rings. The summed E-state index contributed by atoms with van der Waals surface area (Å²) in [4.78, 5) is 7.88. The molecule has 13 heavy (non-hydrogen) atoms. The molecular weight excluding hydrogens is 190 g/mol. The van der Waals surface area contributed by atoms with Crippen LogP contribution >= 0.6 is 11.6 Å². The molecule has 1 rings (SSSR count). The average molecular weight is 202 g/mol. The summed E-state index contributed by atoms with van der Waals surface area (Å²) in [6, 6.07) is 0. The van der Waals surface area contributed by atoms with Gasteiger partial charge in [0.05, 0.1) is 0 Å². The maximum absolute atomic E-state index is 8.54. The third kappa shape index (κ3) is 3.57. The van der Waals surface area contributed by atoms with Gasteiger partial charge < -0.3 is 10.4 Å². The molecule has 2 N–H and O–H groups in total. The number of hydrogen-bond donors (Lipinski definition) is 2. The van der Waals surface area contributed by atoms with Crippen LogP contribution in [0.1, 0.15) is 12.8 Å². The van der Waals surface area contributed by atoms with Crippen molar-refractivity contribution in [2.75, 3.05) is 18.5 Å². The van der Waals surface area contributed by atoms with Crippen molar-refractivity contribution in [1.82, 2.24) is 9.97 Å². The first-order valence-electron chi connectivity index (χ1n) is 4.16. The van der Waals surface area contributed by atoms with Crippen LogP contribution in [-0.2, 0) is 0 Å². The third-order valence-corrected chi connectivity index (χ3v) is 1.81. The maximum atomic E-state index is 8.54. The Labute approximate surface area is 82.0 Å². The minimum absolute atomic E-state index is 0.218. The van der Waals surface area contributed by atoms with Gasteiger partial charge in [0.15, 0.2) is 11.0 Å². The summed E-state index contributed by atoms with van der Waals surface area (Å²) in [6.45, 7) is 0.967. The van der Waals surface area contributed by atoms with Gasteiger partial charge in [0.25, 0.3) is 0 Å². The van der Waals surface area contributed by atoms with Crippen LogP contribution in [0.2, 0.25) is 5.15 Å². The van der Waals surface area contributed by atoms with E-state index in [0.29, 0.717) is 11.0 Å². The number of anilines is 1. The fourth-order valence-electron chi connectivity index (χ4n) is 0.883. The van der Waals surface area contributed by atoms with E-state index in [1.807, 2.05) is 0 Å². The number of unbranched alkanes of at least 4 members (excludes halogenated alkanes) is 1. The number of hydrogen-bond acceptors (Lipinski definition) is 4. The standard InChI is InChI=1S/C8H12ClN3O/c9-7-8(12-5-4-10-7)11-3-1-2-6-13/h4-5,13H,1-3,6H2,(H,11,12). The minimum Gasteiger partial charge on any atom is -0.396 e. The maximum Gasteiger partial charge on any atom is 0.171 e. The highest BCUT2D eigenvalue weighted by molar-refractivity contribution is 6.31. The molecule has 0 aliphatic carbocycles. The lowest BCUT2D eigenvalue weighted by atomic mass is 10.3. The molecule has 0 amide bonds. The van der Waals surface area contributed by atoms with Crippen molar-refractivity contribution in [3.8, 4) is 0 Å². The third-order valence-electron chi connectivity index (χ3n) is 1.53. The molecule has 0 bridgehead atoms. The molecule has 0 aliphatic heterocycles. The van der Waals surface area contributed by atoms with Crippen LogP contribution in [0.3, 0.4) is 0 Å². The molecular formula is C8H12ClN3O. The molecule has 72 valence electrons. The van der Waals surface area contributed by atoms with Gasteiger partial charge in [-0.3, -0.25) is 0 Å². The Kier molecular flexibility index (Phi) is 4.49. The first-order valence-corrected chi connectivity index (χ1v) is 4.53. The fourth-order valence-corrected chi connectivity index (χ4v) is 1.06. The molecule has 0 saturated carbocycles. The molecule has 5 heteroatoms. The fraction of sp³-hybridized carbons (Fsp3) is 0.500. The van der Waals surface area contributed by atoms with Gasteiger partial charge >= 0.3 is 0 Å². The van der Waals surface area contributed by atoms with Gasteiger partial charge in [0.2, 0.25) is 0 Å². The van der Waals surface area contributed by atoms with E-state index in [9.17, 15) is 0 Å². The van der Waals surface area contributed by atoms with Crippen molar-refractivity contribution < 1.29 is 5.11 Å². The van der Waals surface area contributed by atoms with E-state index in [1.165, 1.54) is 0 Å². The molecule has 0 spiro atoms. The number of aliphatic hydroxyl groups excluding tert-OH is 1. The lowest BCUT2D eigenvalue weighted by molar-refractivity contribution is 0.286. The molecule has 0 aliphatic rings. The van der Waals surface area contributed by atoms with Gasteiger partial charge in [-0.25, -0.2) is 9.97 Å². The molecule has 0 fully saturated rings. The van der Waals surface area contributed by atoms with Crippen LogP contribution in [0.25, 0.3) is 0 Å². The largest absolute Gasteiger partial charge is 0.396 e. The summed E-state index contributed by atoms with van der Waals surface area (Å²) in [6.07, 6.45) is 4.80. The molecule has 0 atom stereocenters. The van der Waals surface area contributed by atoms with Crippen molar-refractivity contribution >= 4 is 17.4 Å². The van der Waals surface area contributed by atoms with Gasteiger partial charge in [0.1, 0.15) is 0 Å². The summed E-state index contributed by atoms with van der Waals surface area (Å²) in [7, 11) is 0. The van der Waals surface area contributed by atoms with Crippen molar-refractivity contribution in [3.63, 3.8) is 0 Å². The minimum atomic E-state index is 0.218. The van der Waals surface area contributed by atoms with Crippen LogP contribution in [0.5, 0.6) is 0 Å². The van der Waals surface area contributed by atoms with E-state index in [1.54, 1.807) is 12.4 Å². The molecule has 1 heterocycles. The lowest BCUT2D eigenvalue weighted by Gasteiger charge is -2.04. The average Bonchev–Trinajstić information content (AvgIpc) is 2.15. The van der Waals surface area contributed by atoms with Gasteiger partial charge in [-0.1, -0.05) is 11.6 Å². The Morgan fingerprint density at radius 2 is 2.08 bits per heavy atom. The van der Waals surface area contributed by atoms with Crippen molar-refractivity contribution in [3.05, 3.63) is 17.5 Å². The molecule has 0 aromatic carbocycles. The summed E-state index contributed by atoms with van der Waals surface area (Å²) < 4.78 is 0. The second-order valence-corrected chi connectivity index (χ2v) is 2.91. The molecule has 0 unspecified atom stereocenters. The number of halogens is 1. The van der Waals surface area contributed by atoms with Gasteiger partial charge in [-0.15, -0.1) is 0 Å². The van der Waals surface area contributed by atoms with Crippen LogP contribution in [0.4, 0.5) is 5.82 Å². The number of rotatable bonds is 5. The highest BCUT2D eigenvalue weighted by atomic mass is 35.5. The zero-order valence-corrected chi connectivity index (χ0v) is 7.96. The van der Waals surface area contributed by atoms with E-state index in [0.717, 1.165) is 19.4 Å². The topological polar surface area (TPSA) is 58.0 Å². The second-order valence-electron chi connectivity index (χ2n) is 2.55. The normalized spacial score (nSPS) is 10.0. The van der Waals surface area contributed by atoms with Gasteiger partial charge in [0, 0.05) is 25.5 Å². The number of nitrogens with one attached hydrogen (secondary N) is 1. The predicted octanol–water partition coefficient (Wildman–Crippen LogP) is 1.31. The van der Waals surface area contributed by atoms with Crippen LogP contribution in [-0.4, -0.2) is 28.2 Å². The Bertz CT molecular complexity index is 257. The van der Waals surface area contributed by atoms with E-state index >= 15 is 0 Å².